The Hall–Kier alpha value is -4.28. The molecule has 5 aromatic rings. The lowest BCUT2D eigenvalue weighted by Crippen LogP contribution is -2.52. The van der Waals surface area contributed by atoms with Crippen molar-refractivity contribution in [3.8, 4) is 33.9 Å². The van der Waals surface area contributed by atoms with Crippen LogP contribution >= 0.6 is 31.9 Å². The van der Waals surface area contributed by atoms with E-state index in [9.17, 15) is 0 Å². The number of aliphatic imine (C=N–C) groups is 1. The number of ether oxygens (including phenoxy) is 2. The minimum absolute atomic E-state index is 0.157. The Morgan fingerprint density at radius 3 is 1.86 bits per heavy atom. The standard InChI is InChI=1S/C34H24BBr2F2N3O2/c1-43-30-9-5-3-7-25(30)29-19-28(22-13-17-24(37)18-14-22)34-40-32-20-27(21-11-15-23(36)16-12-21)33(42(32)35(38,39)41(29)34)26-8-4-6-10-31(26)44-2/h3-20H,1-2H3. The molecular weight excluding hydrogens is 691 g/mol. The number of amidine groups is 1. The monoisotopic (exact) mass is 713 g/mol. The van der Waals surface area contributed by atoms with Gasteiger partial charge in [-0.2, -0.15) is 0 Å². The molecule has 0 saturated carbocycles. The van der Waals surface area contributed by atoms with Gasteiger partial charge in [0, 0.05) is 37.4 Å². The summed E-state index contributed by atoms with van der Waals surface area (Å²) < 4.78 is 50.4. The minimum atomic E-state index is -4.49. The van der Waals surface area contributed by atoms with Crippen LogP contribution in [0.3, 0.4) is 0 Å². The summed E-state index contributed by atoms with van der Waals surface area (Å²) in [6, 6.07) is 31.4. The molecule has 0 spiro atoms. The maximum atomic E-state index is 17.6. The highest BCUT2D eigenvalue weighted by Gasteiger charge is 2.53. The number of fused-ring (bicyclic) bond motifs is 2. The molecule has 0 bridgehead atoms. The van der Waals surface area contributed by atoms with Crippen LogP contribution in [-0.2, 0) is 0 Å². The normalized spacial score (nSPS) is 15.0. The van der Waals surface area contributed by atoms with E-state index in [1.165, 1.54) is 7.11 Å². The van der Waals surface area contributed by atoms with Gasteiger partial charge in [-0.25, -0.2) is 0 Å². The molecule has 0 N–H and O–H groups in total. The highest BCUT2D eigenvalue weighted by atomic mass is 79.9. The second-order valence-electron chi connectivity index (χ2n) is 10.4. The Labute approximate surface area is 270 Å². The molecule has 0 amide bonds. The van der Waals surface area contributed by atoms with Crippen molar-refractivity contribution in [2.45, 2.75) is 0 Å². The number of allylic oxidation sites excluding steroid dienone is 1. The molecule has 7 rings (SSSR count). The first-order valence-electron chi connectivity index (χ1n) is 13.8. The van der Waals surface area contributed by atoms with Crippen LogP contribution in [0.25, 0.3) is 28.0 Å². The Bertz CT molecular complexity index is 2030. The molecular formula is C34H24BBr2F2N3O2. The smallest absolute Gasteiger partial charge is 0.496 e. The van der Waals surface area contributed by atoms with Crippen molar-refractivity contribution in [1.82, 2.24) is 4.48 Å². The Morgan fingerprint density at radius 1 is 0.705 bits per heavy atom. The number of methoxy groups -OCH3 is 2. The Kier molecular flexibility index (Phi) is 7.13. The van der Waals surface area contributed by atoms with Gasteiger partial charge in [0.1, 0.15) is 17.2 Å². The molecule has 0 fully saturated rings. The van der Waals surface area contributed by atoms with Crippen LogP contribution in [0, 0.1) is 0 Å². The average molecular weight is 715 g/mol. The Morgan fingerprint density at radius 2 is 1.25 bits per heavy atom. The number of benzene rings is 4. The molecule has 0 aliphatic carbocycles. The molecule has 2 aliphatic rings. The van der Waals surface area contributed by atoms with Crippen LogP contribution in [0.2, 0.25) is 0 Å². The third-order valence-corrected chi connectivity index (χ3v) is 8.98. The van der Waals surface area contributed by atoms with Crippen molar-refractivity contribution in [3.63, 3.8) is 0 Å². The molecule has 0 saturated heterocycles. The summed E-state index contributed by atoms with van der Waals surface area (Å²) in [7, 11) is 3.08. The lowest BCUT2D eigenvalue weighted by molar-refractivity contribution is -0.291. The number of para-hydroxylation sites is 2. The summed E-state index contributed by atoms with van der Waals surface area (Å²) in [5.74, 6) is 1.30. The Balaban J connectivity index is 1.57. The fourth-order valence-electron chi connectivity index (χ4n) is 5.95. The van der Waals surface area contributed by atoms with Crippen molar-refractivity contribution in [3.05, 3.63) is 129 Å². The van der Waals surface area contributed by atoms with Gasteiger partial charge in [0.2, 0.25) is 5.82 Å². The zero-order valence-corrected chi connectivity index (χ0v) is 26.8. The maximum absolute atomic E-state index is 17.6. The largest absolute Gasteiger partial charge is 0.642 e. The molecule has 3 heterocycles. The molecule has 4 aromatic carbocycles. The van der Waals surface area contributed by atoms with Gasteiger partial charge in [-0.1, -0.05) is 80.4 Å². The van der Waals surface area contributed by atoms with Crippen LogP contribution in [0.1, 0.15) is 11.1 Å². The number of nitrogens with zero attached hydrogens (tertiary/aromatic N) is 3. The highest BCUT2D eigenvalue weighted by molar-refractivity contribution is 9.10. The average Bonchev–Trinajstić information content (AvgIpc) is 3.62. The maximum Gasteiger partial charge on any atom is 0.642 e. The van der Waals surface area contributed by atoms with E-state index in [1.54, 1.807) is 43.5 Å². The third-order valence-electron chi connectivity index (χ3n) is 7.92. The van der Waals surface area contributed by atoms with E-state index in [0.29, 0.717) is 45.2 Å². The van der Waals surface area contributed by atoms with Crippen LogP contribution in [0.15, 0.2) is 123 Å². The van der Waals surface area contributed by atoms with Crippen LogP contribution in [0.4, 0.5) is 14.4 Å². The molecule has 44 heavy (non-hydrogen) atoms. The van der Waals surface area contributed by atoms with E-state index in [4.69, 9.17) is 14.5 Å². The molecule has 10 heteroatoms. The predicted molar refractivity (Wildman–Crippen MR) is 180 cm³/mol. The van der Waals surface area contributed by atoms with Gasteiger partial charge in [0.15, 0.2) is 0 Å². The van der Waals surface area contributed by atoms with Crippen molar-refractivity contribution >= 4 is 61.8 Å². The van der Waals surface area contributed by atoms with Crippen molar-refractivity contribution < 1.29 is 22.6 Å². The van der Waals surface area contributed by atoms with Gasteiger partial charge in [-0.3, -0.25) is 0 Å². The summed E-state index contributed by atoms with van der Waals surface area (Å²) in [4.78, 5) is 4.97. The zero-order valence-electron chi connectivity index (χ0n) is 23.6. The lowest BCUT2D eigenvalue weighted by atomic mass is 9.90. The molecule has 2 aliphatic heterocycles. The predicted octanol–water partition coefficient (Wildman–Crippen LogP) is 9.23. The molecule has 0 radical (unpaired) electrons. The van der Waals surface area contributed by atoms with Gasteiger partial charge >= 0.3 is 6.97 Å². The zero-order chi connectivity index (χ0) is 30.6. The van der Waals surface area contributed by atoms with Gasteiger partial charge < -0.3 is 27.1 Å². The second kappa shape index (κ2) is 11.0. The van der Waals surface area contributed by atoms with E-state index < -0.39 is 6.97 Å². The lowest BCUT2D eigenvalue weighted by Gasteiger charge is -2.32. The summed E-state index contributed by atoms with van der Waals surface area (Å²) in [5.41, 5.74) is 4.47. The second-order valence-corrected chi connectivity index (χ2v) is 12.2. The van der Waals surface area contributed by atoms with Crippen LogP contribution < -0.4 is 9.47 Å². The molecule has 5 nitrogen and oxygen atoms in total. The highest BCUT2D eigenvalue weighted by Crippen LogP contribution is 2.47. The van der Waals surface area contributed by atoms with E-state index in [-0.39, 0.29) is 11.7 Å². The van der Waals surface area contributed by atoms with Gasteiger partial charge in [-0.15, -0.1) is 0 Å². The summed E-state index contributed by atoms with van der Waals surface area (Å²) >= 11 is 6.98. The quantitative estimate of drug-likeness (QED) is 0.165. The fourth-order valence-corrected chi connectivity index (χ4v) is 6.48. The number of aromatic nitrogens is 1. The van der Waals surface area contributed by atoms with Crippen LogP contribution in [0.5, 0.6) is 11.5 Å². The molecule has 218 valence electrons. The third kappa shape index (κ3) is 4.55. The van der Waals surface area contributed by atoms with E-state index in [2.05, 4.69) is 31.9 Å². The first kappa shape index (κ1) is 28.5. The molecule has 1 aromatic heterocycles. The van der Waals surface area contributed by atoms with Gasteiger partial charge in [0.25, 0.3) is 5.84 Å². The van der Waals surface area contributed by atoms with Crippen molar-refractivity contribution in [2.24, 2.45) is 4.99 Å². The van der Waals surface area contributed by atoms with Gasteiger partial charge in [0.05, 0.1) is 19.8 Å². The van der Waals surface area contributed by atoms with E-state index in [0.717, 1.165) is 29.0 Å². The number of hydrogen-bond donors (Lipinski definition) is 0. The van der Waals surface area contributed by atoms with Gasteiger partial charge in [-0.05, 0) is 70.7 Å². The summed E-state index contributed by atoms with van der Waals surface area (Å²) in [5, 5.41) is 0. The number of halogens is 4. The van der Waals surface area contributed by atoms with E-state index >= 15 is 8.63 Å². The number of rotatable bonds is 6. The minimum Gasteiger partial charge on any atom is -0.496 e. The first-order chi connectivity index (χ1) is 21.3. The molecule has 0 atom stereocenters. The summed E-state index contributed by atoms with van der Waals surface area (Å²) in [6.45, 7) is -4.49. The fraction of sp³-hybridized carbons (Fsp3) is 0.0588. The molecule has 0 unspecified atom stereocenters. The van der Waals surface area contributed by atoms with Crippen LogP contribution in [-0.4, -0.2) is 41.7 Å². The van der Waals surface area contributed by atoms with E-state index in [1.807, 2.05) is 72.8 Å². The SMILES string of the molecule is COc1ccccc1C1=[N+]2C(=Nc3c(-c4ccc(Br)cc4)cc(-c4ccccc4OC)n3[B-]2(F)F)C=C1c1ccc(Br)cc1. The number of hydrogen-bond acceptors (Lipinski definition) is 3. The van der Waals surface area contributed by atoms with Crippen molar-refractivity contribution in [1.29, 1.82) is 0 Å². The van der Waals surface area contributed by atoms with Crippen molar-refractivity contribution in [2.75, 3.05) is 14.2 Å². The summed E-state index contributed by atoms with van der Waals surface area (Å²) in [6.07, 6.45) is 1.74. The first-order valence-corrected chi connectivity index (χ1v) is 15.4. The topological polar surface area (TPSA) is 38.8 Å².